The van der Waals surface area contributed by atoms with Gasteiger partial charge in [-0.3, -0.25) is 9.59 Å². The second-order valence-corrected chi connectivity index (χ2v) is 7.27. The molecular weight excluding hydrogens is 334 g/mol. The molecule has 1 aromatic rings. The minimum absolute atomic E-state index is 0.0728. The standard InChI is InChI=1S/C19H29N3O2S/c1-4-20(5-2)9-8-18(23)21-10-12-22(13-11-21)19(24)16(3)15-17-7-6-14-25-17/h6-7,14-15H,4-5,8-13H2,1-3H3/b16-15+. The van der Waals surface area contributed by atoms with Gasteiger partial charge in [-0.2, -0.15) is 0 Å². The summed E-state index contributed by atoms with van der Waals surface area (Å²) in [6, 6.07) is 3.99. The Morgan fingerprint density at radius 1 is 1.16 bits per heavy atom. The zero-order chi connectivity index (χ0) is 18.2. The molecule has 0 N–H and O–H groups in total. The Labute approximate surface area is 154 Å². The third-order valence-corrected chi connectivity index (χ3v) is 5.51. The van der Waals surface area contributed by atoms with E-state index >= 15 is 0 Å². The van der Waals surface area contributed by atoms with Gasteiger partial charge >= 0.3 is 0 Å². The lowest BCUT2D eigenvalue weighted by molar-refractivity contribution is -0.137. The summed E-state index contributed by atoms with van der Waals surface area (Å²) < 4.78 is 0. The number of amides is 2. The maximum Gasteiger partial charge on any atom is 0.249 e. The smallest absolute Gasteiger partial charge is 0.249 e. The van der Waals surface area contributed by atoms with E-state index in [1.807, 2.05) is 40.3 Å². The molecule has 0 bridgehead atoms. The van der Waals surface area contributed by atoms with Crippen molar-refractivity contribution in [3.05, 3.63) is 28.0 Å². The summed E-state index contributed by atoms with van der Waals surface area (Å²) >= 11 is 1.63. The van der Waals surface area contributed by atoms with Gasteiger partial charge in [-0.1, -0.05) is 19.9 Å². The van der Waals surface area contributed by atoms with Crippen LogP contribution in [0, 0.1) is 0 Å². The van der Waals surface area contributed by atoms with Gasteiger partial charge in [-0.05, 0) is 37.5 Å². The van der Waals surface area contributed by atoms with Crippen molar-refractivity contribution in [3.63, 3.8) is 0 Å². The zero-order valence-electron chi connectivity index (χ0n) is 15.5. The largest absolute Gasteiger partial charge is 0.339 e. The first-order valence-electron chi connectivity index (χ1n) is 9.06. The molecule has 2 rings (SSSR count). The Morgan fingerprint density at radius 3 is 2.36 bits per heavy atom. The van der Waals surface area contributed by atoms with E-state index in [0.717, 1.165) is 30.1 Å². The molecule has 1 aliphatic heterocycles. The van der Waals surface area contributed by atoms with Gasteiger partial charge in [-0.25, -0.2) is 0 Å². The maximum absolute atomic E-state index is 12.5. The molecule has 0 unspecified atom stereocenters. The topological polar surface area (TPSA) is 43.9 Å². The van der Waals surface area contributed by atoms with Crippen molar-refractivity contribution < 1.29 is 9.59 Å². The van der Waals surface area contributed by atoms with Gasteiger partial charge in [0.15, 0.2) is 0 Å². The molecule has 0 saturated carbocycles. The highest BCUT2D eigenvalue weighted by molar-refractivity contribution is 7.10. The Bertz CT molecular complexity index is 586. The van der Waals surface area contributed by atoms with E-state index in [1.54, 1.807) is 11.3 Å². The normalized spacial score (nSPS) is 15.8. The summed E-state index contributed by atoms with van der Waals surface area (Å²) in [4.78, 5) is 32.0. The van der Waals surface area contributed by atoms with Gasteiger partial charge in [0.1, 0.15) is 0 Å². The highest BCUT2D eigenvalue weighted by atomic mass is 32.1. The number of hydrogen-bond donors (Lipinski definition) is 0. The Morgan fingerprint density at radius 2 is 1.80 bits per heavy atom. The van der Waals surface area contributed by atoms with Crippen LogP contribution in [0.1, 0.15) is 32.1 Å². The van der Waals surface area contributed by atoms with Gasteiger partial charge in [0.2, 0.25) is 11.8 Å². The average Bonchev–Trinajstić information content (AvgIpc) is 3.14. The molecule has 5 nitrogen and oxygen atoms in total. The quantitative estimate of drug-likeness (QED) is 0.700. The van der Waals surface area contributed by atoms with E-state index in [0.29, 0.717) is 32.6 Å². The van der Waals surface area contributed by atoms with Crippen LogP contribution in [0.15, 0.2) is 23.1 Å². The first-order valence-corrected chi connectivity index (χ1v) is 9.94. The van der Waals surface area contributed by atoms with Crippen molar-refractivity contribution in [1.82, 2.24) is 14.7 Å². The molecule has 138 valence electrons. The molecule has 0 atom stereocenters. The fourth-order valence-corrected chi connectivity index (χ4v) is 3.72. The van der Waals surface area contributed by atoms with Gasteiger partial charge in [-0.15, -0.1) is 11.3 Å². The fraction of sp³-hybridized carbons (Fsp3) is 0.579. The second-order valence-electron chi connectivity index (χ2n) is 6.29. The van der Waals surface area contributed by atoms with Crippen molar-refractivity contribution in [2.45, 2.75) is 27.2 Å². The number of thiophene rings is 1. The summed E-state index contributed by atoms with van der Waals surface area (Å²) in [6.45, 7) is 11.4. The molecule has 25 heavy (non-hydrogen) atoms. The minimum atomic E-state index is 0.0728. The number of hydrogen-bond acceptors (Lipinski definition) is 4. The highest BCUT2D eigenvalue weighted by Crippen LogP contribution is 2.15. The zero-order valence-corrected chi connectivity index (χ0v) is 16.3. The van der Waals surface area contributed by atoms with Gasteiger partial charge in [0.05, 0.1) is 0 Å². The molecule has 1 aromatic heterocycles. The lowest BCUT2D eigenvalue weighted by Gasteiger charge is -2.35. The third kappa shape index (κ3) is 5.68. The van der Waals surface area contributed by atoms with Crippen molar-refractivity contribution in [1.29, 1.82) is 0 Å². The van der Waals surface area contributed by atoms with Crippen LogP contribution in [0.4, 0.5) is 0 Å². The predicted octanol–water partition coefficient (Wildman–Crippen LogP) is 2.55. The van der Waals surface area contributed by atoms with Crippen LogP contribution in [-0.2, 0) is 9.59 Å². The van der Waals surface area contributed by atoms with E-state index in [1.165, 1.54) is 0 Å². The van der Waals surface area contributed by atoms with Gasteiger partial charge < -0.3 is 14.7 Å². The number of piperazine rings is 1. The lowest BCUT2D eigenvalue weighted by Crippen LogP contribution is -2.51. The maximum atomic E-state index is 12.5. The van der Waals surface area contributed by atoms with Crippen molar-refractivity contribution in [3.8, 4) is 0 Å². The summed E-state index contributed by atoms with van der Waals surface area (Å²) in [6.07, 6.45) is 2.50. The molecule has 0 aliphatic carbocycles. The summed E-state index contributed by atoms with van der Waals surface area (Å²) in [5.41, 5.74) is 0.753. The van der Waals surface area contributed by atoms with Crippen LogP contribution in [0.25, 0.3) is 6.08 Å². The molecular formula is C19H29N3O2S. The fourth-order valence-electron chi connectivity index (χ4n) is 3.01. The van der Waals surface area contributed by atoms with Crippen molar-refractivity contribution >= 4 is 29.2 Å². The van der Waals surface area contributed by atoms with Crippen LogP contribution < -0.4 is 0 Å². The summed E-state index contributed by atoms with van der Waals surface area (Å²) in [5, 5.41) is 2.01. The van der Waals surface area contributed by atoms with Crippen LogP contribution in [-0.4, -0.2) is 72.3 Å². The van der Waals surface area contributed by atoms with E-state index in [2.05, 4.69) is 18.7 Å². The molecule has 1 fully saturated rings. The van der Waals surface area contributed by atoms with Crippen molar-refractivity contribution in [2.75, 3.05) is 45.8 Å². The van der Waals surface area contributed by atoms with E-state index < -0.39 is 0 Å². The SMILES string of the molecule is CCN(CC)CCC(=O)N1CCN(C(=O)/C(C)=C/c2cccs2)CC1. The van der Waals surface area contributed by atoms with E-state index in [-0.39, 0.29) is 11.8 Å². The van der Waals surface area contributed by atoms with Crippen molar-refractivity contribution in [2.24, 2.45) is 0 Å². The third-order valence-electron chi connectivity index (χ3n) is 4.70. The Hall–Kier alpha value is -1.66. The average molecular weight is 364 g/mol. The Balaban J connectivity index is 1.80. The van der Waals surface area contributed by atoms with Gasteiger partial charge in [0.25, 0.3) is 0 Å². The van der Waals surface area contributed by atoms with E-state index in [9.17, 15) is 9.59 Å². The minimum Gasteiger partial charge on any atom is -0.339 e. The molecule has 0 radical (unpaired) electrons. The molecule has 0 aromatic carbocycles. The molecule has 0 spiro atoms. The first kappa shape index (κ1) is 19.7. The first-order chi connectivity index (χ1) is 12.0. The molecule has 6 heteroatoms. The van der Waals surface area contributed by atoms with Crippen LogP contribution >= 0.6 is 11.3 Å². The number of carbonyl (C=O) groups is 2. The number of carbonyl (C=O) groups excluding carboxylic acids is 2. The molecule has 1 aliphatic rings. The van der Waals surface area contributed by atoms with Crippen LogP contribution in [0.2, 0.25) is 0 Å². The number of nitrogens with zero attached hydrogens (tertiary/aromatic N) is 3. The lowest BCUT2D eigenvalue weighted by atomic mass is 10.2. The number of rotatable bonds is 7. The van der Waals surface area contributed by atoms with Crippen LogP contribution in [0.3, 0.4) is 0 Å². The predicted molar refractivity (Wildman–Crippen MR) is 104 cm³/mol. The molecule has 2 heterocycles. The van der Waals surface area contributed by atoms with Crippen LogP contribution in [0.5, 0.6) is 0 Å². The Kier molecular flexibility index (Phi) is 7.65. The summed E-state index contributed by atoms with van der Waals surface area (Å²) in [5.74, 6) is 0.272. The monoisotopic (exact) mass is 363 g/mol. The van der Waals surface area contributed by atoms with E-state index in [4.69, 9.17) is 0 Å². The second kappa shape index (κ2) is 9.73. The summed E-state index contributed by atoms with van der Waals surface area (Å²) in [7, 11) is 0. The highest BCUT2D eigenvalue weighted by Gasteiger charge is 2.24. The molecule has 1 saturated heterocycles. The molecule has 2 amide bonds. The van der Waals surface area contributed by atoms with Gasteiger partial charge in [0, 0.05) is 49.6 Å².